The summed E-state index contributed by atoms with van der Waals surface area (Å²) in [5.74, 6) is 1.23. The summed E-state index contributed by atoms with van der Waals surface area (Å²) in [6, 6.07) is 30.5. The molecule has 0 fully saturated rings. The number of nitrogens with zero attached hydrogens (tertiary/aromatic N) is 1. The Hall–Kier alpha value is -3.81. The number of hydrogen-bond donors (Lipinski definition) is 1. The molecule has 4 rings (SSSR count). The fourth-order valence-corrected chi connectivity index (χ4v) is 4.46. The van der Waals surface area contributed by atoms with Gasteiger partial charge >= 0.3 is 0 Å². The van der Waals surface area contributed by atoms with Crippen LogP contribution in [0.4, 0.5) is 5.69 Å². The van der Waals surface area contributed by atoms with Crippen LogP contribution >= 0.6 is 38.5 Å². The van der Waals surface area contributed by atoms with Gasteiger partial charge in [-0.1, -0.05) is 58.4 Å². The van der Waals surface area contributed by atoms with Gasteiger partial charge in [0.05, 0.1) is 6.61 Å². The highest BCUT2D eigenvalue weighted by molar-refractivity contribution is 14.1. The van der Waals surface area contributed by atoms with Crippen LogP contribution < -0.4 is 19.5 Å². The predicted octanol–water partition coefficient (Wildman–Crippen LogP) is 8.16. The van der Waals surface area contributed by atoms with Gasteiger partial charge in [-0.05, 0) is 101 Å². The molecule has 6 nitrogen and oxygen atoms in total. The lowest BCUT2D eigenvalue weighted by molar-refractivity contribution is -0.112. The number of anilines is 1. The summed E-state index contributed by atoms with van der Waals surface area (Å²) < 4.78 is 19.4. The van der Waals surface area contributed by atoms with Gasteiger partial charge in [-0.25, -0.2) is 0 Å². The Morgan fingerprint density at radius 1 is 0.900 bits per heavy atom. The topological polar surface area (TPSA) is 80.6 Å². The van der Waals surface area contributed by atoms with Crippen molar-refractivity contribution >= 4 is 56.2 Å². The largest absolute Gasteiger partial charge is 0.490 e. The van der Waals surface area contributed by atoms with Crippen LogP contribution in [0.5, 0.6) is 17.2 Å². The van der Waals surface area contributed by atoms with Crippen LogP contribution in [0.3, 0.4) is 0 Å². The standard InChI is InChI=1S/C32H26BrIN2O4/c1-2-38-30-17-24(29(33)18-31(30)40-21-23-8-10-26(34)11-9-23)16-25(19-35)32(37)36-27-12-14-28(15-13-27)39-20-22-6-4-3-5-7-22/h3-18H,2,20-21H2,1H3,(H,36,37)/b25-16+. The fourth-order valence-electron chi connectivity index (χ4n) is 3.66. The van der Waals surface area contributed by atoms with Crippen LogP contribution in [0.25, 0.3) is 6.08 Å². The van der Waals surface area contributed by atoms with Gasteiger partial charge in [-0.3, -0.25) is 4.79 Å². The van der Waals surface area contributed by atoms with E-state index in [0.717, 1.165) is 14.7 Å². The number of halogens is 2. The fraction of sp³-hybridized carbons (Fsp3) is 0.125. The first-order chi connectivity index (χ1) is 19.4. The van der Waals surface area contributed by atoms with E-state index in [-0.39, 0.29) is 5.57 Å². The minimum Gasteiger partial charge on any atom is -0.490 e. The van der Waals surface area contributed by atoms with Gasteiger partial charge in [0.2, 0.25) is 0 Å². The van der Waals surface area contributed by atoms with E-state index in [1.807, 2.05) is 67.6 Å². The van der Waals surface area contributed by atoms with Crippen LogP contribution in [-0.4, -0.2) is 12.5 Å². The van der Waals surface area contributed by atoms with E-state index in [1.54, 1.807) is 36.4 Å². The maximum Gasteiger partial charge on any atom is 0.266 e. The first-order valence-electron chi connectivity index (χ1n) is 12.5. The molecule has 0 atom stereocenters. The summed E-state index contributed by atoms with van der Waals surface area (Å²) in [5.41, 5.74) is 3.20. The Labute approximate surface area is 255 Å². The van der Waals surface area contributed by atoms with Crippen molar-refractivity contribution in [3.05, 3.63) is 121 Å². The molecule has 0 radical (unpaired) electrons. The zero-order chi connectivity index (χ0) is 28.3. The first-order valence-corrected chi connectivity index (χ1v) is 14.4. The number of amides is 1. The lowest BCUT2D eigenvalue weighted by Crippen LogP contribution is -2.13. The molecule has 0 bridgehead atoms. The normalized spacial score (nSPS) is 10.9. The second-order valence-electron chi connectivity index (χ2n) is 8.59. The predicted molar refractivity (Wildman–Crippen MR) is 168 cm³/mol. The Balaban J connectivity index is 1.44. The summed E-state index contributed by atoms with van der Waals surface area (Å²) in [5, 5.41) is 12.5. The van der Waals surface area contributed by atoms with Crippen LogP contribution in [0, 0.1) is 14.9 Å². The molecule has 0 saturated heterocycles. The number of carbonyl (C=O) groups excluding carboxylic acids is 1. The number of ether oxygens (including phenoxy) is 3. The lowest BCUT2D eigenvalue weighted by atomic mass is 10.1. The highest BCUT2D eigenvalue weighted by atomic mass is 127. The van der Waals surface area contributed by atoms with Crippen LogP contribution in [-0.2, 0) is 18.0 Å². The number of nitrogens with one attached hydrogen (secondary N) is 1. The van der Waals surface area contributed by atoms with E-state index < -0.39 is 5.91 Å². The Morgan fingerprint density at radius 3 is 2.23 bits per heavy atom. The van der Waals surface area contributed by atoms with Crippen molar-refractivity contribution in [1.29, 1.82) is 5.26 Å². The Morgan fingerprint density at radius 2 is 1.55 bits per heavy atom. The summed E-state index contributed by atoms with van der Waals surface area (Å²) >= 11 is 5.81. The molecule has 0 spiro atoms. The van der Waals surface area contributed by atoms with Gasteiger partial charge in [0.1, 0.15) is 30.6 Å². The van der Waals surface area contributed by atoms with Crippen molar-refractivity contribution in [1.82, 2.24) is 0 Å². The zero-order valence-corrected chi connectivity index (χ0v) is 25.4. The van der Waals surface area contributed by atoms with E-state index in [4.69, 9.17) is 14.2 Å². The molecule has 8 heteroatoms. The third-order valence-electron chi connectivity index (χ3n) is 5.70. The van der Waals surface area contributed by atoms with Crippen molar-refractivity contribution in [3.8, 4) is 23.3 Å². The molecule has 0 unspecified atom stereocenters. The first kappa shape index (κ1) is 29.2. The monoisotopic (exact) mass is 708 g/mol. The molecule has 202 valence electrons. The van der Waals surface area contributed by atoms with Gasteiger partial charge < -0.3 is 19.5 Å². The van der Waals surface area contributed by atoms with E-state index >= 15 is 0 Å². The van der Waals surface area contributed by atoms with Crippen LogP contribution in [0.1, 0.15) is 23.6 Å². The zero-order valence-electron chi connectivity index (χ0n) is 21.7. The van der Waals surface area contributed by atoms with E-state index in [1.165, 1.54) is 6.08 Å². The molecule has 0 aliphatic heterocycles. The highest BCUT2D eigenvalue weighted by Crippen LogP contribution is 2.35. The molecule has 0 saturated carbocycles. The van der Waals surface area contributed by atoms with Crippen molar-refractivity contribution in [2.24, 2.45) is 0 Å². The van der Waals surface area contributed by atoms with Gasteiger partial charge in [0, 0.05) is 13.7 Å². The van der Waals surface area contributed by atoms with Gasteiger partial charge in [-0.15, -0.1) is 0 Å². The molecule has 4 aromatic rings. The molecule has 4 aromatic carbocycles. The average molecular weight is 709 g/mol. The Bertz CT molecular complexity index is 1520. The third kappa shape index (κ3) is 8.34. The van der Waals surface area contributed by atoms with Crippen LogP contribution in [0.15, 0.2) is 101 Å². The molecule has 0 aliphatic rings. The number of rotatable bonds is 11. The summed E-state index contributed by atoms with van der Waals surface area (Å²) in [7, 11) is 0. The quantitative estimate of drug-likeness (QED) is 0.0967. The van der Waals surface area contributed by atoms with Crippen molar-refractivity contribution < 1.29 is 19.0 Å². The minimum atomic E-state index is -0.524. The molecule has 0 aromatic heterocycles. The summed E-state index contributed by atoms with van der Waals surface area (Å²) in [4.78, 5) is 12.9. The van der Waals surface area contributed by atoms with Gasteiger partial charge in [0.25, 0.3) is 5.91 Å². The van der Waals surface area contributed by atoms with Gasteiger partial charge in [-0.2, -0.15) is 5.26 Å². The number of benzene rings is 4. The maximum atomic E-state index is 12.9. The van der Waals surface area contributed by atoms with Crippen molar-refractivity contribution in [2.75, 3.05) is 11.9 Å². The molecular weight excluding hydrogens is 683 g/mol. The molecule has 0 aliphatic carbocycles. The number of hydrogen-bond acceptors (Lipinski definition) is 5. The molecular formula is C32H26BrIN2O4. The number of nitriles is 1. The van der Waals surface area contributed by atoms with E-state index in [9.17, 15) is 10.1 Å². The van der Waals surface area contributed by atoms with E-state index in [2.05, 4.69) is 43.8 Å². The van der Waals surface area contributed by atoms with E-state index in [0.29, 0.717) is 52.8 Å². The second-order valence-corrected chi connectivity index (χ2v) is 10.7. The average Bonchev–Trinajstić information content (AvgIpc) is 2.97. The highest BCUT2D eigenvalue weighted by Gasteiger charge is 2.15. The third-order valence-corrected chi connectivity index (χ3v) is 7.10. The number of carbonyl (C=O) groups is 1. The minimum absolute atomic E-state index is 0.0555. The SMILES string of the molecule is CCOc1cc(/C=C(\C#N)C(=O)Nc2ccc(OCc3ccccc3)cc2)c(Br)cc1OCc1ccc(I)cc1. The molecule has 0 heterocycles. The lowest BCUT2D eigenvalue weighted by Gasteiger charge is -2.14. The smallest absolute Gasteiger partial charge is 0.266 e. The summed E-state index contributed by atoms with van der Waals surface area (Å²) in [6.07, 6.45) is 1.52. The molecule has 1 amide bonds. The molecule has 1 N–H and O–H groups in total. The molecule has 40 heavy (non-hydrogen) atoms. The summed E-state index contributed by atoms with van der Waals surface area (Å²) in [6.45, 7) is 3.14. The van der Waals surface area contributed by atoms with Crippen molar-refractivity contribution in [3.63, 3.8) is 0 Å². The van der Waals surface area contributed by atoms with Gasteiger partial charge in [0.15, 0.2) is 11.5 Å². The second kappa shape index (κ2) is 14.5. The van der Waals surface area contributed by atoms with Crippen molar-refractivity contribution in [2.45, 2.75) is 20.1 Å². The maximum absolute atomic E-state index is 12.9. The van der Waals surface area contributed by atoms with Crippen LogP contribution in [0.2, 0.25) is 0 Å². The Kier molecular flexibility index (Phi) is 10.6.